The van der Waals surface area contributed by atoms with Gasteiger partial charge in [0.05, 0.1) is 92.7 Å². The van der Waals surface area contributed by atoms with Crippen LogP contribution in [0, 0.1) is 0 Å². The molecule has 14 heteroatoms. The van der Waals surface area contributed by atoms with Crippen molar-refractivity contribution in [2.45, 2.75) is 22.6 Å². The lowest BCUT2D eigenvalue weighted by Crippen LogP contribution is -2.21. The molecule has 0 radical (unpaired) electrons. The Labute approximate surface area is 628 Å². The third kappa shape index (κ3) is 9.37. The van der Waals surface area contributed by atoms with Crippen LogP contribution in [0.1, 0.15) is 12.8 Å². The van der Waals surface area contributed by atoms with Gasteiger partial charge in [0.1, 0.15) is 0 Å². The lowest BCUT2D eigenvalue weighted by molar-refractivity contribution is -0.131. The quantitative estimate of drug-likeness (QED) is 0.0686. The van der Waals surface area contributed by atoms with E-state index in [1.54, 1.807) is 0 Å². The number of imide groups is 1. The molecule has 2 amide bonds. The highest BCUT2D eigenvalue weighted by Gasteiger charge is 2.32. The summed E-state index contributed by atoms with van der Waals surface area (Å²) in [6, 6.07) is 111. The van der Waals surface area contributed by atoms with E-state index in [1.807, 2.05) is 54.0 Å². The Morgan fingerprint density at radius 3 is 1.14 bits per heavy atom. The van der Waals surface area contributed by atoms with E-state index in [0.717, 1.165) is 59.5 Å². The second-order valence-electron chi connectivity index (χ2n) is 27.8. The van der Waals surface area contributed by atoms with Crippen LogP contribution in [0.25, 0.3) is 196 Å². The number of amides is 2. The van der Waals surface area contributed by atoms with Crippen LogP contribution in [0.3, 0.4) is 0 Å². The number of para-hydroxylation sites is 11. The SMILES string of the molecule is O=C1CCC(=O)N1Sc1ccccc1-n1c2ccccc2c2ccc3c4ccccc4[nH]c3c21.Sc1ccccc1-n1c2ccccc2c2ccc3c4ccccc4[nH]c3c21.c1ccc2c(c1)[nH]c1c2ccc2c3ccccc3[nH]c21.c1ccc2c(c1)sn1c3ccccc3c3ccc4c5ccccc5n2c4c31. The minimum atomic E-state index is -0.134. The Balaban J connectivity index is 0.0000000906. The molecule has 108 heavy (non-hydrogen) atoms. The number of carbonyl (C=O) groups is 2. The maximum Gasteiger partial charge on any atom is 0.240 e. The highest BCUT2D eigenvalue weighted by Crippen LogP contribution is 2.46. The molecular weight excluding hydrogens is 1380 g/mol. The topological polar surface area (TPSA) is 119 Å². The number of benzene rings is 15. The molecule has 0 unspecified atom stereocenters. The number of aromatic nitrogens is 8. The maximum atomic E-state index is 12.4. The Morgan fingerprint density at radius 2 is 0.630 bits per heavy atom. The first-order valence-electron chi connectivity index (χ1n) is 36.3. The van der Waals surface area contributed by atoms with Crippen LogP contribution in [0.2, 0.25) is 0 Å². The summed E-state index contributed by atoms with van der Waals surface area (Å²) in [5.74, 6) is -0.268. The van der Waals surface area contributed by atoms with Crippen molar-refractivity contribution in [2.75, 3.05) is 0 Å². The molecule has 9 aromatic heterocycles. The zero-order valence-electron chi connectivity index (χ0n) is 57.8. The molecule has 1 fully saturated rings. The van der Waals surface area contributed by atoms with E-state index in [2.05, 4.69) is 310 Å². The van der Waals surface area contributed by atoms with Gasteiger partial charge in [-0.25, -0.2) is 4.31 Å². The number of carbonyl (C=O) groups excluding carboxylic acids is 2. The van der Waals surface area contributed by atoms with Gasteiger partial charge in [-0.05, 0) is 96.9 Å². The fraction of sp³-hybridized carbons (Fsp3) is 0.0213. The fourth-order valence-electron chi connectivity index (χ4n) is 17.2. The average molecular weight is 1440 g/mol. The predicted molar refractivity (Wildman–Crippen MR) is 456 cm³/mol. The van der Waals surface area contributed by atoms with Crippen LogP contribution in [-0.4, -0.2) is 53.4 Å². The normalized spacial score (nSPS) is 12.8. The van der Waals surface area contributed by atoms with E-state index in [9.17, 15) is 9.59 Å². The zero-order valence-corrected chi connectivity index (χ0v) is 60.3. The molecule has 10 heterocycles. The molecular formula is C94H61N9O2S3. The predicted octanol–water partition coefficient (Wildman–Crippen LogP) is 25.1. The van der Waals surface area contributed by atoms with Gasteiger partial charge in [-0.15, -0.1) is 12.6 Å². The summed E-state index contributed by atoms with van der Waals surface area (Å²) in [5.41, 5.74) is 22.3. The first-order valence-corrected chi connectivity index (χ1v) is 38.3. The lowest BCUT2D eigenvalue weighted by atomic mass is 10.1. The van der Waals surface area contributed by atoms with E-state index < -0.39 is 0 Å². The van der Waals surface area contributed by atoms with Gasteiger partial charge in [0.25, 0.3) is 0 Å². The van der Waals surface area contributed by atoms with Crippen molar-refractivity contribution in [1.82, 2.24) is 41.6 Å². The molecule has 512 valence electrons. The number of hydrogen-bond donors (Lipinski definition) is 5. The Bertz CT molecular complexity index is 7800. The van der Waals surface area contributed by atoms with Gasteiger partial charge in [0.2, 0.25) is 11.8 Å². The van der Waals surface area contributed by atoms with Crippen LogP contribution in [-0.2, 0) is 9.59 Å². The third-order valence-corrected chi connectivity index (χ3v) is 24.5. The first-order chi connectivity index (χ1) is 53.4. The van der Waals surface area contributed by atoms with E-state index in [0.29, 0.717) is 0 Å². The third-order valence-electron chi connectivity index (χ3n) is 21.9. The molecule has 15 aromatic carbocycles. The van der Waals surface area contributed by atoms with E-state index in [-0.39, 0.29) is 24.7 Å². The second kappa shape index (κ2) is 24.4. The van der Waals surface area contributed by atoms with E-state index in [1.165, 1.54) is 163 Å². The molecule has 1 aliphatic rings. The number of fused-ring (bicyclic) bond motifs is 29. The maximum absolute atomic E-state index is 12.4. The van der Waals surface area contributed by atoms with Crippen LogP contribution in [0.5, 0.6) is 0 Å². The average Bonchev–Trinajstić information content (AvgIpc) is 1.55. The number of rotatable bonds is 4. The van der Waals surface area contributed by atoms with Crippen molar-refractivity contribution < 1.29 is 9.59 Å². The highest BCUT2D eigenvalue weighted by molar-refractivity contribution is 7.98. The zero-order chi connectivity index (χ0) is 71.4. The summed E-state index contributed by atoms with van der Waals surface area (Å²) in [4.78, 5) is 41.0. The minimum absolute atomic E-state index is 0.134. The summed E-state index contributed by atoms with van der Waals surface area (Å²) in [6.45, 7) is 0. The van der Waals surface area contributed by atoms with Crippen LogP contribution in [0.15, 0.2) is 325 Å². The summed E-state index contributed by atoms with van der Waals surface area (Å²) in [5, 5.41) is 20.1. The molecule has 1 saturated heterocycles. The molecule has 1 aliphatic heterocycles. The number of thiol groups is 1. The number of nitrogens with one attached hydrogen (secondary N) is 4. The van der Waals surface area contributed by atoms with Crippen LogP contribution in [0.4, 0.5) is 0 Å². The standard InChI is InChI=1S/C28H19N3O2S.C24H14N2S.C24H16N2S.C18H12N2/c32-25-15-16-26(33)31(25)34-24-12-6-5-11-23(24)30-22-10-4-2-8-18(22)20-14-13-19-17-7-1-3-9-21(17)29-27(19)28(20)30;1-3-9-19-15(7-1)17-13-14-18-16-8-2-4-10-20(16)26-24(18)23(17)25(19)21-11-5-6-12-22(21)27-26;27-22-12-6-5-11-21(22)26-20-10-4-2-8-16(20)18-14-13-17-15-7-1-3-9-19(15)25-23(17)24(18)26;1-3-7-15-11(5-1)13-9-10-14-12-6-2-4-8-16(12)20-18(14)17(13)19-15/h1-14,29H,15-16H2;1-14H;1-14,25,27H;1-10,19-20H. The van der Waals surface area contributed by atoms with Gasteiger partial charge < -0.3 is 33.5 Å². The van der Waals surface area contributed by atoms with Crippen molar-refractivity contribution in [3.05, 3.63) is 315 Å². The Kier molecular flexibility index (Phi) is 14.1. The van der Waals surface area contributed by atoms with Gasteiger partial charge in [-0.3, -0.25) is 13.4 Å². The number of aromatic amines is 4. The fourth-order valence-corrected chi connectivity index (χ4v) is 19.6. The summed E-state index contributed by atoms with van der Waals surface area (Å²) in [7, 11) is 0. The highest BCUT2D eigenvalue weighted by atomic mass is 32.2. The van der Waals surface area contributed by atoms with Gasteiger partial charge in [0.15, 0.2) is 0 Å². The number of H-pyrrole nitrogens is 4. The van der Waals surface area contributed by atoms with E-state index >= 15 is 0 Å². The van der Waals surface area contributed by atoms with Crippen molar-refractivity contribution in [3.63, 3.8) is 0 Å². The largest absolute Gasteiger partial charge is 0.353 e. The summed E-state index contributed by atoms with van der Waals surface area (Å²) >= 11 is 7.80. The monoisotopic (exact) mass is 1440 g/mol. The van der Waals surface area contributed by atoms with Crippen molar-refractivity contribution in [1.29, 1.82) is 0 Å². The van der Waals surface area contributed by atoms with Crippen molar-refractivity contribution >= 4 is 233 Å². The van der Waals surface area contributed by atoms with Crippen LogP contribution >= 0.6 is 36.1 Å². The van der Waals surface area contributed by atoms with Crippen LogP contribution < -0.4 is 0 Å². The second-order valence-corrected chi connectivity index (χ2v) is 30.2. The Hall–Kier alpha value is -13.2. The smallest absolute Gasteiger partial charge is 0.240 e. The molecule has 11 nitrogen and oxygen atoms in total. The molecule has 0 saturated carbocycles. The molecule has 0 aliphatic carbocycles. The molecule has 0 atom stereocenters. The molecule has 25 rings (SSSR count). The van der Waals surface area contributed by atoms with Gasteiger partial charge in [-0.2, -0.15) is 0 Å². The summed E-state index contributed by atoms with van der Waals surface area (Å²) < 4.78 is 12.1. The summed E-state index contributed by atoms with van der Waals surface area (Å²) in [6.07, 6.45) is 0.554. The first kappa shape index (κ1) is 62.2. The van der Waals surface area contributed by atoms with Gasteiger partial charge in [0, 0.05) is 126 Å². The molecule has 24 aromatic rings. The van der Waals surface area contributed by atoms with Gasteiger partial charge in [-0.1, -0.05) is 242 Å². The Morgan fingerprint density at radius 1 is 0.287 bits per heavy atom. The van der Waals surface area contributed by atoms with Crippen molar-refractivity contribution in [3.8, 4) is 11.4 Å². The molecule has 0 spiro atoms. The number of hydrogen-bond acceptors (Lipinski definition) is 5. The lowest BCUT2D eigenvalue weighted by Gasteiger charge is -2.17. The van der Waals surface area contributed by atoms with Crippen molar-refractivity contribution in [2.24, 2.45) is 0 Å². The number of nitrogens with zero attached hydrogens (tertiary/aromatic N) is 5. The molecule has 4 N–H and O–H groups in total. The minimum Gasteiger partial charge on any atom is -0.353 e. The molecule has 0 bridgehead atoms. The van der Waals surface area contributed by atoms with E-state index in [4.69, 9.17) is 12.6 Å². The van der Waals surface area contributed by atoms with Gasteiger partial charge >= 0.3 is 0 Å².